The Morgan fingerprint density at radius 3 is 2.73 bits per heavy atom. The maximum atomic E-state index is 14.5. The molecule has 1 aliphatic heterocycles. The number of hydrogen-bond acceptors (Lipinski definition) is 7. The molecule has 0 bridgehead atoms. The SMILES string of the molecule is O=C(C1=C(O)C(=O)N(c2nncs2)C1c1ccccc1F)c1ccco1. The fourth-order valence-corrected chi connectivity index (χ4v) is 3.42. The van der Waals surface area contributed by atoms with Crippen LogP contribution in [0, 0.1) is 5.82 Å². The summed E-state index contributed by atoms with van der Waals surface area (Å²) in [4.78, 5) is 26.5. The Bertz CT molecular complexity index is 1010. The summed E-state index contributed by atoms with van der Waals surface area (Å²) >= 11 is 1.03. The number of nitrogens with zero attached hydrogens (tertiary/aromatic N) is 3. The Balaban J connectivity index is 1.91. The number of rotatable bonds is 4. The largest absolute Gasteiger partial charge is 0.503 e. The number of carbonyl (C=O) groups is 2. The van der Waals surface area contributed by atoms with Gasteiger partial charge in [0.2, 0.25) is 10.9 Å². The number of anilines is 1. The second kappa shape index (κ2) is 6.19. The molecule has 0 aliphatic carbocycles. The van der Waals surface area contributed by atoms with E-state index in [1.165, 1.54) is 42.1 Å². The zero-order chi connectivity index (χ0) is 18.3. The summed E-state index contributed by atoms with van der Waals surface area (Å²) in [6.45, 7) is 0. The minimum Gasteiger partial charge on any atom is -0.503 e. The van der Waals surface area contributed by atoms with Gasteiger partial charge < -0.3 is 9.52 Å². The van der Waals surface area contributed by atoms with Gasteiger partial charge in [0.1, 0.15) is 17.4 Å². The first-order valence-corrected chi connectivity index (χ1v) is 8.33. The molecule has 0 spiro atoms. The Hall–Kier alpha value is -3.33. The molecule has 1 aliphatic rings. The molecule has 0 fully saturated rings. The van der Waals surface area contributed by atoms with Gasteiger partial charge in [0.05, 0.1) is 11.8 Å². The van der Waals surface area contributed by atoms with Crippen LogP contribution in [0.3, 0.4) is 0 Å². The van der Waals surface area contributed by atoms with Crippen molar-refractivity contribution in [3.8, 4) is 0 Å². The Morgan fingerprint density at radius 2 is 2.08 bits per heavy atom. The zero-order valence-electron chi connectivity index (χ0n) is 13.0. The first kappa shape index (κ1) is 16.2. The molecule has 0 radical (unpaired) electrons. The number of furan rings is 1. The molecule has 9 heteroatoms. The second-order valence-electron chi connectivity index (χ2n) is 5.39. The summed E-state index contributed by atoms with van der Waals surface area (Å²) in [7, 11) is 0. The molecule has 2 aromatic heterocycles. The molecule has 1 atom stereocenters. The number of Topliss-reactive ketones (excluding diaryl/α,β-unsaturated/α-hetero) is 1. The van der Waals surface area contributed by atoms with Crippen molar-refractivity contribution < 1.29 is 23.5 Å². The van der Waals surface area contributed by atoms with Gasteiger partial charge in [-0.15, -0.1) is 10.2 Å². The van der Waals surface area contributed by atoms with Crippen LogP contribution in [0.25, 0.3) is 0 Å². The molecule has 1 unspecified atom stereocenters. The molecule has 3 heterocycles. The van der Waals surface area contributed by atoms with Crippen LogP contribution in [0.15, 0.2) is 63.9 Å². The average molecular weight is 371 g/mol. The van der Waals surface area contributed by atoms with Crippen molar-refractivity contribution in [3.63, 3.8) is 0 Å². The summed E-state index contributed by atoms with van der Waals surface area (Å²) < 4.78 is 19.6. The molecule has 1 amide bonds. The molecule has 1 aromatic carbocycles. The van der Waals surface area contributed by atoms with Crippen molar-refractivity contribution in [1.29, 1.82) is 0 Å². The lowest BCUT2D eigenvalue weighted by Crippen LogP contribution is -2.31. The van der Waals surface area contributed by atoms with Crippen molar-refractivity contribution in [3.05, 3.63) is 76.6 Å². The molecule has 0 saturated heterocycles. The normalized spacial score (nSPS) is 17.2. The number of aliphatic hydroxyl groups excluding tert-OH is 1. The van der Waals surface area contributed by atoms with Crippen LogP contribution < -0.4 is 4.90 Å². The van der Waals surface area contributed by atoms with E-state index in [4.69, 9.17) is 4.42 Å². The smallest absolute Gasteiger partial charge is 0.296 e. The fourth-order valence-electron chi connectivity index (χ4n) is 2.84. The van der Waals surface area contributed by atoms with Gasteiger partial charge in [-0.2, -0.15) is 0 Å². The molecule has 1 N–H and O–H groups in total. The van der Waals surface area contributed by atoms with Gasteiger partial charge in [-0.3, -0.25) is 14.5 Å². The van der Waals surface area contributed by atoms with Crippen LogP contribution in [0.5, 0.6) is 0 Å². The van der Waals surface area contributed by atoms with Gasteiger partial charge in [-0.1, -0.05) is 29.5 Å². The minimum atomic E-state index is -1.19. The first-order chi connectivity index (χ1) is 12.6. The van der Waals surface area contributed by atoms with Gasteiger partial charge in [-0.05, 0) is 18.2 Å². The molecule has 7 nitrogen and oxygen atoms in total. The summed E-state index contributed by atoms with van der Waals surface area (Å²) in [5.74, 6) is -3.03. The number of amides is 1. The monoisotopic (exact) mass is 371 g/mol. The van der Waals surface area contributed by atoms with Crippen molar-refractivity contribution in [2.75, 3.05) is 4.90 Å². The predicted octanol–water partition coefficient (Wildman–Crippen LogP) is 3.05. The van der Waals surface area contributed by atoms with E-state index in [1.54, 1.807) is 6.07 Å². The van der Waals surface area contributed by atoms with E-state index in [0.29, 0.717) is 0 Å². The van der Waals surface area contributed by atoms with E-state index in [0.717, 1.165) is 16.2 Å². The van der Waals surface area contributed by atoms with Gasteiger partial charge in [-0.25, -0.2) is 4.39 Å². The fraction of sp³-hybridized carbons (Fsp3) is 0.0588. The molecule has 0 saturated carbocycles. The van der Waals surface area contributed by atoms with Crippen molar-refractivity contribution >= 4 is 28.2 Å². The Morgan fingerprint density at radius 1 is 1.27 bits per heavy atom. The highest BCUT2D eigenvalue weighted by molar-refractivity contribution is 7.13. The van der Waals surface area contributed by atoms with Crippen LogP contribution in [-0.2, 0) is 4.79 Å². The third-order valence-electron chi connectivity index (χ3n) is 3.95. The van der Waals surface area contributed by atoms with Crippen molar-refractivity contribution in [2.24, 2.45) is 0 Å². The van der Waals surface area contributed by atoms with Crippen LogP contribution in [-0.4, -0.2) is 27.0 Å². The third kappa shape index (κ3) is 2.40. The molecule has 26 heavy (non-hydrogen) atoms. The van der Waals surface area contributed by atoms with E-state index >= 15 is 0 Å². The number of hydrogen-bond donors (Lipinski definition) is 1. The maximum Gasteiger partial charge on any atom is 0.296 e. The number of carbonyl (C=O) groups excluding carboxylic acids is 2. The van der Waals surface area contributed by atoms with Crippen LogP contribution >= 0.6 is 11.3 Å². The summed E-state index contributed by atoms with van der Waals surface area (Å²) in [5, 5.41) is 18.0. The summed E-state index contributed by atoms with van der Waals surface area (Å²) in [6.07, 6.45) is 1.29. The van der Waals surface area contributed by atoms with Gasteiger partial charge in [0.25, 0.3) is 5.91 Å². The molecular formula is C17H10FN3O4S. The van der Waals surface area contributed by atoms with E-state index in [-0.39, 0.29) is 22.0 Å². The lowest BCUT2D eigenvalue weighted by molar-refractivity contribution is -0.117. The lowest BCUT2D eigenvalue weighted by Gasteiger charge is -2.24. The van der Waals surface area contributed by atoms with E-state index in [1.807, 2.05) is 0 Å². The zero-order valence-corrected chi connectivity index (χ0v) is 13.8. The van der Waals surface area contributed by atoms with Crippen molar-refractivity contribution in [2.45, 2.75) is 6.04 Å². The second-order valence-corrected chi connectivity index (χ2v) is 6.20. The van der Waals surface area contributed by atoms with Crippen LogP contribution in [0.4, 0.5) is 9.52 Å². The standard InChI is InChI=1S/C17H10FN3O4S/c18-10-5-2-1-4-9(10)13-12(14(22)11-6-3-7-25-11)15(23)16(24)21(13)17-20-19-8-26-17/h1-8,13,23H. The summed E-state index contributed by atoms with van der Waals surface area (Å²) in [6, 6.07) is 7.43. The minimum absolute atomic E-state index is 0.0509. The number of ketones is 1. The summed E-state index contributed by atoms with van der Waals surface area (Å²) in [5.41, 5.74) is 1.17. The number of aromatic nitrogens is 2. The average Bonchev–Trinajstić information content (AvgIpc) is 3.37. The molecular weight excluding hydrogens is 361 g/mol. The van der Waals surface area contributed by atoms with Crippen molar-refractivity contribution in [1.82, 2.24) is 10.2 Å². The quantitative estimate of drug-likeness (QED) is 0.708. The topological polar surface area (TPSA) is 96.5 Å². The molecule has 130 valence electrons. The Kier molecular flexibility index (Phi) is 3.85. The van der Waals surface area contributed by atoms with E-state index in [2.05, 4.69) is 10.2 Å². The van der Waals surface area contributed by atoms with Crippen LogP contribution in [0.2, 0.25) is 0 Å². The van der Waals surface area contributed by atoms with Gasteiger partial charge in [0, 0.05) is 5.56 Å². The Labute approximate surface area is 150 Å². The highest BCUT2D eigenvalue weighted by atomic mass is 32.1. The maximum absolute atomic E-state index is 14.5. The molecule has 4 rings (SSSR count). The third-order valence-corrected chi connectivity index (χ3v) is 4.64. The number of halogens is 1. The highest BCUT2D eigenvalue weighted by Crippen LogP contribution is 2.42. The first-order valence-electron chi connectivity index (χ1n) is 7.45. The highest BCUT2D eigenvalue weighted by Gasteiger charge is 2.47. The lowest BCUT2D eigenvalue weighted by atomic mass is 9.95. The number of benzene rings is 1. The van der Waals surface area contributed by atoms with E-state index < -0.39 is 29.3 Å². The molecule has 3 aromatic rings. The predicted molar refractivity (Wildman–Crippen MR) is 89.2 cm³/mol. The van der Waals surface area contributed by atoms with Crippen LogP contribution in [0.1, 0.15) is 22.2 Å². The number of aliphatic hydroxyl groups is 1. The van der Waals surface area contributed by atoms with Gasteiger partial charge >= 0.3 is 0 Å². The van der Waals surface area contributed by atoms with Gasteiger partial charge in [0.15, 0.2) is 11.5 Å². The van der Waals surface area contributed by atoms with E-state index in [9.17, 15) is 19.1 Å².